The Bertz CT molecular complexity index is 343. The molecule has 0 aliphatic heterocycles. The molecular weight excluding hydrogens is 244 g/mol. The van der Waals surface area contributed by atoms with E-state index in [4.69, 9.17) is 4.74 Å². The van der Waals surface area contributed by atoms with E-state index in [9.17, 15) is 4.79 Å². The first-order valence-electron chi connectivity index (χ1n) is 5.11. The predicted molar refractivity (Wildman–Crippen MR) is 67.1 cm³/mol. The number of ether oxygens (including phenoxy) is 1. The first-order chi connectivity index (χ1) is 7.69. The van der Waals surface area contributed by atoms with Crippen molar-refractivity contribution in [3.63, 3.8) is 0 Å². The van der Waals surface area contributed by atoms with Gasteiger partial charge in [-0.1, -0.05) is 0 Å². The van der Waals surface area contributed by atoms with E-state index in [2.05, 4.69) is 15.7 Å². The van der Waals surface area contributed by atoms with Gasteiger partial charge in [-0.3, -0.25) is 9.48 Å². The molecule has 17 heavy (non-hydrogen) atoms. The number of hydrogen-bond donors (Lipinski definition) is 2. The highest BCUT2D eigenvalue weighted by Crippen LogP contribution is 2.10. The maximum Gasteiger partial charge on any atom is 0.241 e. The van der Waals surface area contributed by atoms with Crippen molar-refractivity contribution in [2.45, 2.75) is 6.04 Å². The molecule has 1 aromatic heterocycles. The fraction of sp³-hybridized carbons (Fsp3) is 0.600. The molecule has 1 heterocycles. The van der Waals surface area contributed by atoms with Crippen LogP contribution in [0.1, 0.15) is 11.6 Å². The number of nitrogens with one attached hydrogen (secondary N) is 2. The molecule has 0 saturated carbocycles. The van der Waals surface area contributed by atoms with Gasteiger partial charge in [0.2, 0.25) is 5.91 Å². The zero-order valence-corrected chi connectivity index (χ0v) is 11.1. The molecule has 7 heteroatoms. The monoisotopic (exact) mass is 262 g/mol. The summed E-state index contributed by atoms with van der Waals surface area (Å²) in [5.41, 5.74) is 0.847. The molecule has 0 bridgehead atoms. The zero-order chi connectivity index (χ0) is 12.0. The Morgan fingerprint density at radius 1 is 1.65 bits per heavy atom. The Balaban J connectivity index is 0.00000256. The lowest BCUT2D eigenvalue weighted by Gasteiger charge is -2.14. The Morgan fingerprint density at radius 2 is 2.35 bits per heavy atom. The van der Waals surface area contributed by atoms with Crippen LogP contribution < -0.4 is 10.6 Å². The minimum atomic E-state index is -0.370. The van der Waals surface area contributed by atoms with Gasteiger partial charge in [-0.15, -0.1) is 12.4 Å². The summed E-state index contributed by atoms with van der Waals surface area (Å²) in [6.07, 6.45) is 3.49. The molecule has 1 rings (SSSR count). The average molecular weight is 263 g/mol. The van der Waals surface area contributed by atoms with E-state index in [1.807, 2.05) is 13.2 Å². The molecule has 1 aromatic rings. The maximum atomic E-state index is 11.8. The summed E-state index contributed by atoms with van der Waals surface area (Å²) in [4.78, 5) is 11.8. The van der Waals surface area contributed by atoms with Crippen molar-refractivity contribution >= 4 is 18.3 Å². The van der Waals surface area contributed by atoms with Crippen LogP contribution in [-0.4, -0.2) is 43.0 Å². The van der Waals surface area contributed by atoms with Crippen molar-refractivity contribution in [1.29, 1.82) is 0 Å². The van der Waals surface area contributed by atoms with Crippen molar-refractivity contribution in [2.24, 2.45) is 7.05 Å². The van der Waals surface area contributed by atoms with Crippen LogP contribution >= 0.6 is 12.4 Å². The number of hydrogen-bond acceptors (Lipinski definition) is 4. The van der Waals surface area contributed by atoms with Gasteiger partial charge in [0, 0.05) is 32.5 Å². The number of halogens is 1. The third-order valence-electron chi connectivity index (χ3n) is 2.21. The number of nitrogens with zero attached hydrogens (tertiary/aromatic N) is 2. The van der Waals surface area contributed by atoms with Crippen molar-refractivity contribution in [2.75, 3.05) is 27.3 Å². The van der Waals surface area contributed by atoms with Crippen LogP contribution in [0.2, 0.25) is 0 Å². The minimum Gasteiger partial charge on any atom is -0.383 e. The van der Waals surface area contributed by atoms with E-state index in [1.165, 1.54) is 0 Å². The van der Waals surface area contributed by atoms with E-state index < -0.39 is 0 Å². The average Bonchev–Trinajstić information content (AvgIpc) is 2.66. The van der Waals surface area contributed by atoms with Crippen LogP contribution in [0.5, 0.6) is 0 Å². The van der Waals surface area contributed by atoms with Gasteiger partial charge in [0.15, 0.2) is 0 Å². The molecule has 0 aliphatic rings. The summed E-state index contributed by atoms with van der Waals surface area (Å²) in [7, 11) is 5.16. The predicted octanol–water partition coefficient (Wildman–Crippen LogP) is -0.135. The third-order valence-corrected chi connectivity index (χ3v) is 2.21. The van der Waals surface area contributed by atoms with Crippen molar-refractivity contribution < 1.29 is 9.53 Å². The molecule has 98 valence electrons. The smallest absolute Gasteiger partial charge is 0.241 e. The largest absolute Gasteiger partial charge is 0.383 e. The molecule has 0 saturated heterocycles. The number of amides is 1. The number of likely N-dealkylation sites (N-methyl/N-ethyl adjacent to an activating group) is 1. The lowest BCUT2D eigenvalue weighted by Crippen LogP contribution is -2.37. The molecule has 0 aromatic carbocycles. The highest BCUT2D eigenvalue weighted by molar-refractivity contribution is 5.85. The summed E-state index contributed by atoms with van der Waals surface area (Å²) < 4.78 is 6.53. The Kier molecular flexibility index (Phi) is 7.53. The van der Waals surface area contributed by atoms with Crippen LogP contribution in [0.3, 0.4) is 0 Å². The first kappa shape index (κ1) is 15.9. The normalized spacial score (nSPS) is 11.7. The van der Waals surface area contributed by atoms with E-state index in [1.54, 1.807) is 25.0 Å². The fourth-order valence-corrected chi connectivity index (χ4v) is 1.42. The first-order valence-corrected chi connectivity index (χ1v) is 5.11. The van der Waals surface area contributed by atoms with Gasteiger partial charge >= 0.3 is 0 Å². The van der Waals surface area contributed by atoms with E-state index in [0.29, 0.717) is 13.2 Å². The number of carbonyl (C=O) groups is 1. The summed E-state index contributed by atoms with van der Waals surface area (Å²) in [6, 6.07) is -0.370. The van der Waals surface area contributed by atoms with Crippen LogP contribution in [-0.2, 0) is 16.6 Å². The van der Waals surface area contributed by atoms with Crippen LogP contribution in [0.25, 0.3) is 0 Å². The second-order valence-electron chi connectivity index (χ2n) is 3.45. The van der Waals surface area contributed by atoms with Crippen LogP contribution in [0.4, 0.5) is 0 Å². The molecule has 2 N–H and O–H groups in total. The van der Waals surface area contributed by atoms with Gasteiger partial charge in [-0.2, -0.15) is 5.10 Å². The molecule has 0 fully saturated rings. The molecular formula is C10H19ClN4O2. The highest BCUT2D eigenvalue weighted by atomic mass is 35.5. The quantitative estimate of drug-likeness (QED) is 0.701. The SMILES string of the molecule is CNC(C(=O)NCCOC)c1cnn(C)c1.Cl. The van der Waals surface area contributed by atoms with Gasteiger partial charge < -0.3 is 15.4 Å². The lowest BCUT2D eigenvalue weighted by molar-refractivity contribution is -0.123. The van der Waals surface area contributed by atoms with Crippen LogP contribution in [0, 0.1) is 0 Å². The molecule has 1 atom stereocenters. The summed E-state index contributed by atoms with van der Waals surface area (Å²) in [5, 5.41) is 9.77. The zero-order valence-electron chi connectivity index (χ0n) is 10.3. The Hall–Kier alpha value is -1.11. The van der Waals surface area contributed by atoms with E-state index in [-0.39, 0.29) is 24.4 Å². The molecule has 1 unspecified atom stereocenters. The number of carbonyl (C=O) groups excluding carboxylic acids is 1. The van der Waals surface area contributed by atoms with Crippen LogP contribution in [0.15, 0.2) is 12.4 Å². The summed E-state index contributed by atoms with van der Waals surface area (Å²) in [5.74, 6) is -0.0763. The maximum absolute atomic E-state index is 11.8. The standard InChI is InChI=1S/C10H18N4O2.ClH/c1-11-9(8-6-13-14(2)7-8)10(15)12-4-5-16-3;/h6-7,9,11H,4-5H2,1-3H3,(H,12,15);1H. The fourth-order valence-electron chi connectivity index (χ4n) is 1.42. The van der Waals surface area contributed by atoms with Gasteiger partial charge in [0.05, 0.1) is 12.8 Å². The molecule has 1 amide bonds. The lowest BCUT2D eigenvalue weighted by atomic mass is 10.1. The second kappa shape index (κ2) is 8.05. The van der Waals surface area contributed by atoms with Crippen molar-refractivity contribution in [3.8, 4) is 0 Å². The van der Waals surface area contributed by atoms with E-state index >= 15 is 0 Å². The topological polar surface area (TPSA) is 68.2 Å². The highest BCUT2D eigenvalue weighted by Gasteiger charge is 2.19. The molecule has 0 spiro atoms. The van der Waals surface area contributed by atoms with Gasteiger partial charge in [-0.25, -0.2) is 0 Å². The van der Waals surface area contributed by atoms with Crippen molar-refractivity contribution in [3.05, 3.63) is 18.0 Å². The Labute approximate surface area is 107 Å². The molecule has 6 nitrogen and oxygen atoms in total. The van der Waals surface area contributed by atoms with Crippen molar-refractivity contribution in [1.82, 2.24) is 20.4 Å². The third kappa shape index (κ3) is 4.72. The minimum absolute atomic E-state index is 0. The number of rotatable bonds is 6. The number of aromatic nitrogens is 2. The summed E-state index contributed by atoms with van der Waals surface area (Å²) in [6.45, 7) is 1.02. The number of methoxy groups -OCH3 is 1. The van der Waals surface area contributed by atoms with Gasteiger partial charge in [0.25, 0.3) is 0 Å². The molecule has 0 aliphatic carbocycles. The van der Waals surface area contributed by atoms with E-state index in [0.717, 1.165) is 5.56 Å². The number of aryl methyl sites for hydroxylation is 1. The summed E-state index contributed by atoms with van der Waals surface area (Å²) >= 11 is 0. The van der Waals surface area contributed by atoms with Gasteiger partial charge in [-0.05, 0) is 7.05 Å². The Morgan fingerprint density at radius 3 is 2.82 bits per heavy atom. The molecule has 0 radical (unpaired) electrons. The van der Waals surface area contributed by atoms with Gasteiger partial charge in [0.1, 0.15) is 6.04 Å². The second-order valence-corrected chi connectivity index (χ2v) is 3.45.